The van der Waals surface area contributed by atoms with Gasteiger partial charge in [-0.25, -0.2) is 18.3 Å². The van der Waals surface area contributed by atoms with E-state index in [9.17, 15) is 8.78 Å². The Balaban J connectivity index is 1.59. The predicted octanol–water partition coefficient (Wildman–Crippen LogP) is 5.97. The third-order valence-corrected chi connectivity index (χ3v) is 7.32. The van der Waals surface area contributed by atoms with Crippen molar-refractivity contribution in [3.8, 4) is 22.5 Å². The normalized spacial score (nSPS) is 11.7. The van der Waals surface area contributed by atoms with E-state index in [2.05, 4.69) is 25.7 Å². The van der Waals surface area contributed by atoms with Gasteiger partial charge < -0.3 is 0 Å². The van der Waals surface area contributed by atoms with Crippen LogP contribution in [0, 0.1) is 18.6 Å². The number of imidazole rings is 2. The van der Waals surface area contributed by atoms with E-state index in [0.29, 0.717) is 6.54 Å². The number of aryl methyl sites for hydroxylation is 1. The Morgan fingerprint density at radius 1 is 0.906 bits per heavy atom. The Labute approximate surface area is 190 Å². The van der Waals surface area contributed by atoms with Crippen molar-refractivity contribution in [1.29, 1.82) is 0 Å². The lowest BCUT2D eigenvalue weighted by Crippen LogP contribution is -2.36. The molecule has 0 aliphatic carbocycles. The Hall–Kier alpha value is -3.36. The molecule has 0 saturated heterocycles. The predicted molar refractivity (Wildman–Crippen MR) is 123 cm³/mol. The highest BCUT2D eigenvalue weighted by molar-refractivity contribution is 7.15. The summed E-state index contributed by atoms with van der Waals surface area (Å²) in [5, 5.41) is 4.05. The zero-order valence-corrected chi connectivity index (χ0v) is 18.6. The number of halogens is 2. The average Bonchev–Trinajstić information content (AvgIpc) is 3.54. The summed E-state index contributed by atoms with van der Waals surface area (Å²) in [5.41, 5.74) is 5.53. The van der Waals surface area contributed by atoms with Crippen molar-refractivity contribution in [3.05, 3.63) is 94.7 Å². The van der Waals surface area contributed by atoms with Crippen LogP contribution in [-0.4, -0.2) is 13.8 Å². The lowest BCUT2D eigenvalue weighted by molar-refractivity contribution is -0.649. The zero-order valence-electron chi connectivity index (χ0n) is 17.0. The lowest BCUT2D eigenvalue weighted by atomic mass is 10.1. The monoisotopic (exact) mass is 463 g/mol. The zero-order chi connectivity index (χ0) is 21.8. The van der Waals surface area contributed by atoms with Crippen molar-refractivity contribution >= 4 is 32.6 Å². The first-order valence-corrected chi connectivity index (χ1v) is 11.8. The van der Waals surface area contributed by atoms with Gasteiger partial charge in [-0.15, -0.1) is 11.3 Å². The van der Waals surface area contributed by atoms with Gasteiger partial charge in [-0.1, -0.05) is 23.5 Å². The Kier molecular flexibility index (Phi) is 4.44. The topological polar surface area (TPSA) is 25.6 Å². The maximum absolute atomic E-state index is 14.0. The smallest absolute Gasteiger partial charge is 0.290 e. The minimum Gasteiger partial charge on any atom is -0.290 e. The number of fused-ring (bicyclic) bond motifs is 2. The highest BCUT2D eigenvalue weighted by Crippen LogP contribution is 2.30. The summed E-state index contributed by atoms with van der Waals surface area (Å²) in [6.07, 6.45) is 4.04. The Morgan fingerprint density at radius 3 is 2.50 bits per heavy atom. The number of hydrogen-bond acceptors (Lipinski definition) is 3. The van der Waals surface area contributed by atoms with Crippen LogP contribution in [0.3, 0.4) is 0 Å². The van der Waals surface area contributed by atoms with E-state index < -0.39 is 0 Å². The van der Waals surface area contributed by atoms with Gasteiger partial charge in [0, 0.05) is 35.0 Å². The molecule has 0 N–H and O–H groups in total. The highest BCUT2D eigenvalue weighted by Gasteiger charge is 2.28. The third kappa shape index (κ3) is 2.98. The number of thiazole rings is 2. The molecule has 4 heterocycles. The minimum absolute atomic E-state index is 0.261. The number of nitrogens with zero attached hydrogens (tertiary/aromatic N) is 4. The quantitative estimate of drug-likeness (QED) is 0.296. The molecule has 0 unspecified atom stereocenters. The van der Waals surface area contributed by atoms with Gasteiger partial charge >= 0.3 is 4.96 Å². The molecule has 2 aromatic carbocycles. The van der Waals surface area contributed by atoms with E-state index >= 15 is 0 Å². The van der Waals surface area contributed by atoms with Crippen molar-refractivity contribution in [1.82, 2.24) is 13.8 Å². The van der Waals surface area contributed by atoms with Gasteiger partial charge in [0.25, 0.3) is 0 Å². The molecule has 0 amide bonds. The van der Waals surface area contributed by atoms with E-state index in [1.54, 1.807) is 28.7 Å². The van der Waals surface area contributed by atoms with Crippen LogP contribution in [0.25, 0.3) is 32.4 Å². The first kappa shape index (κ1) is 19.3. The first-order chi connectivity index (χ1) is 15.6. The van der Waals surface area contributed by atoms with Gasteiger partial charge in [0.2, 0.25) is 0 Å². The number of rotatable bonds is 4. The van der Waals surface area contributed by atoms with Gasteiger partial charge in [-0.3, -0.25) is 4.40 Å². The van der Waals surface area contributed by atoms with E-state index in [-0.39, 0.29) is 11.6 Å². The molecular formula is C24H17F2N4S2+. The largest absolute Gasteiger partial charge is 0.346 e. The third-order valence-electron chi connectivity index (χ3n) is 5.68. The molecule has 0 bridgehead atoms. The molecule has 6 rings (SSSR count). The van der Waals surface area contributed by atoms with Crippen LogP contribution in [0.4, 0.5) is 8.78 Å². The maximum Gasteiger partial charge on any atom is 0.346 e. The van der Waals surface area contributed by atoms with E-state index in [0.717, 1.165) is 43.8 Å². The molecule has 0 radical (unpaired) electrons. The average molecular weight is 464 g/mol. The van der Waals surface area contributed by atoms with Crippen LogP contribution in [0.2, 0.25) is 0 Å². The summed E-state index contributed by atoms with van der Waals surface area (Å²) in [6.45, 7) is 2.60. The fraction of sp³-hybridized carbons (Fsp3) is 0.0833. The number of benzene rings is 2. The Morgan fingerprint density at radius 2 is 1.69 bits per heavy atom. The Bertz CT molecular complexity index is 1590. The fourth-order valence-electron chi connectivity index (χ4n) is 4.25. The van der Waals surface area contributed by atoms with Crippen molar-refractivity contribution in [2.75, 3.05) is 0 Å². The summed E-state index contributed by atoms with van der Waals surface area (Å²) < 4.78 is 34.1. The van der Waals surface area contributed by atoms with Crippen LogP contribution in [0.15, 0.2) is 71.7 Å². The van der Waals surface area contributed by atoms with Crippen LogP contribution in [-0.2, 0) is 6.54 Å². The van der Waals surface area contributed by atoms with Crippen molar-refractivity contribution in [3.63, 3.8) is 0 Å². The van der Waals surface area contributed by atoms with Crippen LogP contribution in [0.5, 0.6) is 0 Å². The standard InChI is InChI=1S/C24H17F2N4S2/c1-15-22(16-5-7-18(25)8-6-16)30(24-28(15)9-12-32-24)14-20-21(17-3-2-4-19(26)13-17)27-23-29(20)10-11-31-23/h2-13H,14H2,1H3/q+1. The van der Waals surface area contributed by atoms with E-state index in [1.807, 2.05) is 36.0 Å². The summed E-state index contributed by atoms with van der Waals surface area (Å²) in [4.78, 5) is 6.75. The van der Waals surface area contributed by atoms with Crippen molar-refractivity contribution < 1.29 is 13.3 Å². The van der Waals surface area contributed by atoms with Gasteiger partial charge in [-0.05, 0) is 36.4 Å². The van der Waals surface area contributed by atoms with Crippen LogP contribution >= 0.6 is 22.7 Å². The molecule has 0 aliphatic heterocycles. The van der Waals surface area contributed by atoms with Crippen molar-refractivity contribution in [2.24, 2.45) is 0 Å². The van der Waals surface area contributed by atoms with Gasteiger partial charge in [0.1, 0.15) is 24.4 Å². The van der Waals surface area contributed by atoms with E-state index in [1.165, 1.54) is 24.3 Å². The molecular weight excluding hydrogens is 446 g/mol. The second-order valence-electron chi connectivity index (χ2n) is 7.56. The van der Waals surface area contributed by atoms with Crippen LogP contribution in [0.1, 0.15) is 11.4 Å². The second kappa shape index (κ2) is 7.36. The molecule has 0 fully saturated rings. The maximum atomic E-state index is 14.0. The minimum atomic E-state index is -0.287. The van der Waals surface area contributed by atoms with Gasteiger partial charge in [0.05, 0.1) is 11.4 Å². The van der Waals surface area contributed by atoms with E-state index in [4.69, 9.17) is 4.98 Å². The number of aromatic nitrogens is 4. The molecule has 0 aliphatic rings. The summed E-state index contributed by atoms with van der Waals surface area (Å²) in [6, 6.07) is 13.1. The molecule has 158 valence electrons. The SMILES string of the molecule is Cc1c(-c2ccc(F)cc2)[n+](Cc2c(-c3cccc(F)c3)nc3sccn23)c2sccn12. The molecule has 4 aromatic heterocycles. The second-order valence-corrected chi connectivity index (χ2v) is 9.30. The van der Waals surface area contributed by atoms with Crippen LogP contribution < -0.4 is 4.57 Å². The summed E-state index contributed by atoms with van der Waals surface area (Å²) >= 11 is 3.19. The van der Waals surface area contributed by atoms with Gasteiger partial charge in [-0.2, -0.15) is 4.40 Å². The molecule has 0 atom stereocenters. The molecule has 8 heteroatoms. The molecule has 32 heavy (non-hydrogen) atoms. The first-order valence-electron chi connectivity index (χ1n) is 10.0. The lowest BCUT2D eigenvalue weighted by Gasteiger charge is -2.06. The highest BCUT2D eigenvalue weighted by atomic mass is 32.1. The summed E-state index contributed by atoms with van der Waals surface area (Å²) in [7, 11) is 0. The summed E-state index contributed by atoms with van der Waals surface area (Å²) in [5.74, 6) is -0.548. The van der Waals surface area contributed by atoms with Gasteiger partial charge in [0.15, 0.2) is 16.3 Å². The van der Waals surface area contributed by atoms with Crippen molar-refractivity contribution in [2.45, 2.75) is 13.5 Å². The molecule has 6 aromatic rings. The molecule has 0 saturated carbocycles. The fourth-order valence-corrected chi connectivity index (χ4v) is 5.88. The number of hydrogen-bond donors (Lipinski definition) is 0. The molecule has 0 spiro atoms. The molecule has 4 nitrogen and oxygen atoms in total.